The number of ether oxygens (including phenoxy) is 1. The molecule has 3 heterocycles. The van der Waals surface area contributed by atoms with Crippen LogP contribution in [0.3, 0.4) is 0 Å². The minimum absolute atomic E-state index is 0.0242. The summed E-state index contributed by atoms with van der Waals surface area (Å²) in [4.78, 5) is 16.5. The van der Waals surface area contributed by atoms with Crippen LogP contribution in [0.25, 0.3) is 28.0 Å². The van der Waals surface area contributed by atoms with Crippen LogP contribution in [0.1, 0.15) is 11.3 Å². The Morgan fingerprint density at radius 2 is 1.74 bits per heavy atom. The maximum absolute atomic E-state index is 15.1. The van der Waals surface area contributed by atoms with Gasteiger partial charge >= 0.3 is 6.01 Å². The molecule has 0 fully saturated rings. The van der Waals surface area contributed by atoms with Gasteiger partial charge in [-0.1, -0.05) is 0 Å². The first-order chi connectivity index (χ1) is 16.3. The molecule has 0 saturated carbocycles. The highest BCUT2D eigenvalue weighted by Gasteiger charge is 2.23. The van der Waals surface area contributed by atoms with Crippen molar-refractivity contribution >= 4 is 22.5 Å². The van der Waals surface area contributed by atoms with E-state index in [4.69, 9.17) is 16.2 Å². The molecule has 4 N–H and O–H groups in total. The topological polar surface area (TPSA) is 118 Å². The third kappa shape index (κ3) is 3.54. The summed E-state index contributed by atoms with van der Waals surface area (Å²) in [5.41, 5.74) is 15.6. The zero-order valence-corrected chi connectivity index (χ0v) is 18.3. The predicted octanol–water partition coefficient (Wildman–Crippen LogP) is 4.73. The van der Waals surface area contributed by atoms with Crippen LogP contribution >= 0.6 is 0 Å². The Kier molecular flexibility index (Phi) is 5.05. The number of rotatable bonds is 4. The Bertz CT molecular complexity index is 1570. The van der Waals surface area contributed by atoms with Gasteiger partial charge in [0.1, 0.15) is 17.7 Å². The fourth-order valence-electron chi connectivity index (χ4n) is 3.87. The first-order valence-corrected chi connectivity index (χ1v) is 10.3. The Hall–Kier alpha value is -4.60. The van der Waals surface area contributed by atoms with E-state index >= 15 is 4.39 Å². The molecule has 0 atom stereocenters. The molecule has 0 unspecified atom stereocenters. The molecule has 170 valence electrons. The number of nitrogen functional groups attached to an aromatic ring is 2. The van der Waals surface area contributed by atoms with E-state index < -0.39 is 11.6 Å². The van der Waals surface area contributed by atoms with Crippen molar-refractivity contribution in [2.45, 2.75) is 13.8 Å². The van der Waals surface area contributed by atoms with E-state index in [2.05, 4.69) is 19.9 Å². The van der Waals surface area contributed by atoms with Gasteiger partial charge < -0.3 is 20.8 Å². The van der Waals surface area contributed by atoms with Crippen molar-refractivity contribution < 1.29 is 13.5 Å². The van der Waals surface area contributed by atoms with Crippen molar-refractivity contribution in [2.24, 2.45) is 0 Å². The van der Waals surface area contributed by atoms with Crippen LogP contribution in [-0.4, -0.2) is 24.5 Å². The van der Waals surface area contributed by atoms with Crippen LogP contribution < -0.4 is 16.2 Å². The molecule has 5 rings (SSSR count). The minimum Gasteiger partial charge on any atom is -0.421 e. The summed E-state index contributed by atoms with van der Waals surface area (Å²) >= 11 is 0. The number of anilines is 2. The molecule has 10 heteroatoms. The number of hydrogen-bond donors (Lipinski definition) is 2. The van der Waals surface area contributed by atoms with Gasteiger partial charge in [0.05, 0.1) is 11.2 Å². The van der Waals surface area contributed by atoms with Crippen LogP contribution in [0.5, 0.6) is 11.8 Å². The maximum Gasteiger partial charge on any atom is 0.322 e. The van der Waals surface area contributed by atoms with E-state index in [1.807, 2.05) is 0 Å². The van der Waals surface area contributed by atoms with Crippen LogP contribution in [0.15, 0.2) is 55.0 Å². The molecule has 0 radical (unpaired) electrons. The van der Waals surface area contributed by atoms with Crippen molar-refractivity contribution in [1.29, 1.82) is 0 Å². The highest BCUT2D eigenvalue weighted by molar-refractivity contribution is 5.96. The van der Waals surface area contributed by atoms with Crippen LogP contribution in [0.4, 0.5) is 20.3 Å². The number of aromatic nitrogens is 5. The summed E-state index contributed by atoms with van der Waals surface area (Å²) < 4.78 is 37.3. The fourth-order valence-corrected chi connectivity index (χ4v) is 3.87. The van der Waals surface area contributed by atoms with Gasteiger partial charge in [0.15, 0.2) is 17.4 Å². The van der Waals surface area contributed by atoms with E-state index in [0.29, 0.717) is 33.7 Å². The summed E-state index contributed by atoms with van der Waals surface area (Å²) in [5, 5.41) is 0. The largest absolute Gasteiger partial charge is 0.421 e. The molecule has 0 aliphatic carbocycles. The van der Waals surface area contributed by atoms with E-state index in [0.717, 1.165) is 0 Å². The van der Waals surface area contributed by atoms with E-state index in [1.54, 1.807) is 42.7 Å². The lowest BCUT2D eigenvalue weighted by atomic mass is 10.1. The molecule has 2 aromatic carbocycles. The van der Waals surface area contributed by atoms with Crippen molar-refractivity contribution in [3.05, 3.63) is 77.9 Å². The third-order valence-electron chi connectivity index (χ3n) is 5.40. The van der Waals surface area contributed by atoms with Gasteiger partial charge in [0.25, 0.3) is 0 Å². The summed E-state index contributed by atoms with van der Waals surface area (Å²) in [6.07, 6.45) is 2.85. The average molecular weight is 459 g/mol. The summed E-state index contributed by atoms with van der Waals surface area (Å²) in [6.45, 7) is 3.57. The third-order valence-corrected chi connectivity index (χ3v) is 5.40. The molecule has 8 nitrogen and oxygen atoms in total. The summed E-state index contributed by atoms with van der Waals surface area (Å²) in [7, 11) is 0. The van der Waals surface area contributed by atoms with Crippen molar-refractivity contribution in [1.82, 2.24) is 24.5 Å². The quantitative estimate of drug-likeness (QED) is 0.373. The monoisotopic (exact) mass is 459 g/mol. The van der Waals surface area contributed by atoms with Gasteiger partial charge in [-0.15, -0.1) is 0 Å². The molecule has 0 saturated heterocycles. The first kappa shape index (κ1) is 21.3. The highest BCUT2D eigenvalue weighted by Crippen LogP contribution is 2.39. The molecule has 5 aromatic rings. The van der Waals surface area contributed by atoms with Crippen LogP contribution in [0.2, 0.25) is 0 Å². The number of hydrogen-bond acceptors (Lipinski definition) is 7. The number of fused-ring (bicyclic) bond motifs is 1. The number of nitrogens with zero attached hydrogens (tertiary/aromatic N) is 5. The second kappa shape index (κ2) is 8.07. The lowest BCUT2D eigenvalue weighted by Crippen LogP contribution is -2.03. The van der Waals surface area contributed by atoms with E-state index in [9.17, 15) is 4.39 Å². The fraction of sp³-hybridized carbons (Fsp3) is 0.0833. The molecule has 34 heavy (non-hydrogen) atoms. The normalized spacial score (nSPS) is 11.2. The van der Waals surface area contributed by atoms with Gasteiger partial charge in [-0.2, -0.15) is 0 Å². The SMILES string of the molecule is Cc1ccnc(Oc2ccc(-n3c(-c4ccc(N)cc4F)c(C)c4ncnc(N)c43)cc2F)n1. The number of nitrogens with two attached hydrogens (primary N) is 2. The van der Waals surface area contributed by atoms with E-state index in [-0.39, 0.29) is 28.8 Å². The molecule has 0 bridgehead atoms. The maximum atomic E-state index is 15.1. The predicted molar refractivity (Wildman–Crippen MR) is 125 cm³/mol. The zero-order valence-electron chi connectivity index (χ0n) is 18.3. The molecule has 3 aromatic heterocycles. The smallest absolute Gasteiger partial charge is 0.322 e. The number of benzene rings is 2. The van der Waals surface area contributed by atoms with Gasteiger partial charge in [0, 0.05) is 40.5 Å². The second-order valence-electron chi connectivity index (χ2n) is 7.70. The molecule has 0 amide bonds. The Balaban J connectivity index is 1.71. The standard InChI is InChI=1S/C24H19F2N7O/c1-12-7-8-29-24(32-12)34-19-6-4-15(10-18(19)26)33-21(16-5-3-14(27)9-17(16)25)13(2)20-22(33)23(28)31-11-30-20/h3-11H,27H2,1-2H3,(H2,28,30,31). The lowest BCUT2D eigenvalue weighted by Gasteiger charge is -2.14. The van der Waals surface area contributed by atoms with Crippen molar-refractivity contribution in [3.63, 3.8) is 0 Å². The Morgan fingerprint density at radius 3 is 2.47 bits per heavy atom. The number of halogens is 2. The first-order valence-electron chi connectivity index (χ1n) is 10.3. The molecule has 0 aliphatic heterocycles. The summed E-state index contributed by atoms with van der Waals surface area (Å²) in [6, 6.07) is 10.4. The molecule has 0 spiro atoms. The van der Waals surface area contributed by atoms with E-state index in [1.165, 1.54) is 30.7 Å². The minimum atomic E-state index is -0.666. The van der Waals surface area contributed by atoms with Crippen molar-refractivity contribution in [2.75, 3.05) is 11.5 Å². The van der Waals surface area contributed by atoms with Gasteiger partial charge in [-0.3, -0.25) is 0 Å². The van der Waals surface area contributed by atoms with Gasteiger partial charge in [-0.05, 0) is 50.2 Å². The molecular weight excluding hydrogens is 440 g/mol. The Labute approximate surface area is 192 Å². The van der Waals surface area contributed by atoms with Gasteiger partial charge in [-0.25, -0.2) is 28.7 Å². The van der Waals surface area contributed by atoms with Gasteiger partial charge in [0.2, 0.25) is 0 Å². The van der Waals surface area contributed by atoms with Crippen molar-refractivity contribution in [3.8, 4) is 28.7 Å². The second-order valence-corrected chi connectivity index (χ2v) is 7.70. The Morgan fingerprint density at radius 1 is 0.912 bits per heavy atom. The average Bonchev–Trinajstić information content (AvgIpc) is 3.09. The zero-order chi connectivity index (χ0) is 24.0. The highest BCUT2D eigenvalue weighted by atomic mass is 19.1. The molecule has 0 aliphatic rings. The van der Waals surface area contributed by atoms with Crippen LogP contribution in [-0.2, 0) is 0 Å². The van der Waals surface area contributed by atoms with Crippen LogP contribution in [0, 0.1) is 25.5 Å². The molecular formula is C24H19F2N7O. The number of aryl methyl sites for hydroxylation is 2. The lowest BCUT2D eigenvalue weighted by molar-refractivity contribution is 0.410. The summed E-state index contributed by atoms with van der Waals surface area (Å²) in [5.74, 6) is -1.09.